The summed E-state index contributed by atoms with van der Waals surface area (Å²) in [4.78, 5) is 10.8. The van der Waals surface area contributed by atoms with Crippen LogP contribution in [0.3, 0.4) is 0 Å². The predicted molar refractivity (Wildman–Crippen MR) is 45.6 cm³/mol. The zero-order valence-electron chi connectivity index (χ0n) is 6.51. The Morgan fingerprint density at radius 2 is 2.31 bits per heavy atom. The summed E-state index contributed by atoms with van der Waals surface area (Å²) in [7, 11) is 1.13. The summed E-state index contributed by atoms with van der Waals surface area (Å²) in [6, 6.07) is 0. The molecule has 0 amide bonds. The molecule has 0 unspecified atom stereocenters. The molecular formula is C7H5ClF2O2S. The van der Waals surface area contributed by atoms with Crippen LogP contribution in [0.1, 0.15) is 21.7 Å². The summed E-state index contributed by atoms with van der Waals surface area (Å²) >= 11 is 6.31. The zero-order valence-corrected chi connectivity index (χ0v) is 8.09. The molecule has 0 radical (unpaired) electrons. The Hall–Kier alpha value is -0.680. The van der Waals surface area contributed by atoms with Gasteiger partial charge in [0.15, 0.2) is 0 Å². The number of thiophene rings is 1. The second kappa shape index (κ2) is 4.02. The fourth-order valence-electron chi connectivity index (χ4n) is 0.800. The molecule has 0 aliphatic carbocycles. The van der Waals surface area contributed by atoms with E-state index in [9.17, 15) is 13.6 Å². The number of ether oxygens (including phenoxy) is 1. The van der Waals surface area contributed by atoms with Crippen LogP contribution in [0.2, 0.25) is 5.02 Å². The molecule has 1 aromatic rings. The molecule has 0 saturated heterocycles. The molecule has 0 spiro atoms. The average molecular weight is 227 g/mol. The standard InChI is InChI=1S/C7H5ClF2O2S/c1-12-7(11)5-4(6(9)10)3(8)2-13-5/h2,6H,1H3. The Labute approximate surface area is 82.1 Å². The normalized spacial score (nSPS) is 10.5. The molecule has 0 saturated carbocycles. The third-order valence-electron chi connectivity index (χ3n) is 1.37. The van der Waals surface area contributed by atoms with Crippen molar-refractivity contribution in [3.63, 3.8) is 0 Å². The lowest BCUT2D eigenvalue weighted by Crippen LogP contribution is -2.02. The molecule has 0 N–H and O–H groups in total. The lowest BCUT2D eigenvalue weighted by atomic mass is 10.2. The quantitative estimate of drug-likeness (QED) is 0.725. The Morgan fingerprint density at radius 1 is 1.69 bits per heavy atom. The average Bonchev–Trinajstić information content (AvgIpc) is 2.45. The summed E-state index contributed by atoms with van der Waals surface area (Å²) in [5, 5.41) is 1.19. The molecule has 72 valence electrons. The SMILES string of the molecule is COC(=O)c1scc(Cl)c1C(F)F. The molecule has 1 aromatic heterocycles. The van der Waals surface area contributed by atoms with Gasteiger partial charge >= 0.3 is 5.97 Å². The van der Waals surface area contributed by atoms with Gasteiger partial charge in [-0.1, -0.05) is 11.6 Å². The minimum absolute atomic E-state index is 0.0969. The van der Waals surface area contributed by atoms with E-state index in [1.54, 1.807) is 0 Å². The third-order valence-corrected chi connectivity index (χ3v) is 2.79. The van der Waals surface area contributed by atoms with Crippen molar-refractivity contribution in [2.24, 2.45) is 0 Å². The molecule has 0 fully saturated rings. The highest BCUT2D eigenvalue weighted by Crippen LogP contribution is 2.35. The highest BCUT2D eigenvalue weighted by Gasteiger charge is 2.24. The highest BCUT2D eigenvalue weighted by atomic mass is 35.5. The number of hydrogen-bond donors (Lipinski definition) is 0. The lowest BCUT2D eigenvalue weighted by molar-refractivity contribution is 0.0596. The third kappa shape index (κ3) is 1.97. The van der Waals surface area contributed by atoms with Crippen LogP contribution in [-0.4, -0.2) is 13.1 Å². The number of hydrogen-bond acceptors (Lipinski definition) is 3. The summed E-state index contributed by atoms with van der Waals surface area (Å²) in [5.41, 5.74) is -0.446. The van der Waals surface area contributed by atoms with Crippen LogP contribution in [-0.2, 0) is 4.74 Å². The van der Waals surface area contributed by atoms with Gasteiger partial charge in [0.05, 0.1) is 17.7 Å². The Morgan fingerprint density at radius 3 is 2.77 bits per heavy atom. The van der Waals surface area contributed by atoms with Gasteiger partial charge in [-0.25, -0.2) is 13.6 Å². The Kier molecular flexibility index (Phi) is 3.22. The number of rotatable bonds is 2. The second-order valence-corrected chi connectivity index (χ2v) is 3.41. The molecule has 6 heteroatoms. The van der Waals surface area contributed by atoms with Crippen LogP contribution >= 0.6 is 22.9 Å². The first-order chi connectivity index (χ1) is 6.07. The molecule has 0 aromatic carbocycles. The molecule has 0 bridgehead atoms. The van der Waals surface area contributed by atoms with E-state index in [1.807, 2.05) is 0 Å². The number of esters is 1. The number of halogens is 3. The first-order valence-corrected chi connectivity index (χ1v) is 4.47. The second-order valence-electron chi connectivity index (χ2n) is 2.12. The van der Waals surface area contributed by atoms with Gasteiger partial charge in [-0.3, -0.25) is 0 Å². The largest absolute Gasteiger partial charge is 0.465 e. The predicted octanol–water partition coefficient (Wildman–Crippen LogP) is 3.13. The highest BCUT2D eigenvalue weighted by molar-refractivity contribution is 7.12. The minimum atomic E-state index is -2.76. The monoisotopic (exact) mass is 226 g/mol. The van der Waals surface area contributed by atoms with Crippen molar-refractivity contribution in [1.29, 1.82) is 0 Å². The molecule has 1 rings (SSSR count). The van der Waals surface area contributed by atoms with E-state index in [1.165, 1.54) is 5.38 Å². The summed E-state index contributed by atoms with van der Waals surface area (Å²) in [6.45, 7) is 0. The number of methoxy groups -OCH3 is 1. The van der Waals surface area contributed by atoms with Gasteiger partial charge in [0.2, 0.25) is 0 Å². The zero-order chi connectivity index (χ0) is 10.0. The summed E-state index contributed by atoms with van der Waals surface area (Å²) < 4.78 is 29.0. The van der Waals surface area contributed by atoms with Crippen molar-refractivity contribution in [3.05, 3.63) is 20.8 Å². The first kappa shape index (κ1) is 10.4. The summed E-state index contributed by atoms with van der Waals surface area (Å²) in [5.74, 6) is -0.785. The summed E-state index contributed by atoms with van der Waals surface area (Å²) in [6.07, 6.45) is -2.76. The number of alkyl halides is 2. The van der Waals surface area contributed by atoms with Crippen LogP contribution in [0.4, 0.5) is 8.78 Å². The Bertz CT molecular complexity index is 324. The molecule has 0 aliphatic heterocycles. The van der Waals surface area contributed by atoms with E-state index in [2.05, 4.69) is 4.74 Å². The molecule has 0 aliphatic rings. The Balaban J connectivity index is 3.15. The molecule has 13 heavy (non-hydrogen) atoms. The van der Waals surface area contributed by atoms with Crippen LogP contribution in [0.15, 0.2) is 5.38 Å². The topological polar surface area (TPSA) is 26.3 Å². The van der Waals surface area contributed by atoms with Crippen molar-refractivity contribution in [3.8, 4) is 0 Å². The van der Waals surface area contributed by atoms with Crippen molar-refractivity contribution < 1.29 is 18.3 Å². The fourth-order valence-corrected chi connectivity index (χ4v) is 2.02. The van der Waals surface area contributed by atoms with Gasteiger partial charge in [-0.2, -0.15) is 0 Å². The van der Waals surface area contributed by atoms with Crippen LogP contribution < -0.4 is 0 Å². The van der Waals surface area contributed by atoms with E-state index in [-0.39, 0.29) is 9.90 Å². The van der Waals surface area contributed by atoms with Crippen molar-refractivity contribution >= 4 is 28.9 Å². The lowest BCUT2D eigenvalue weighted by Gasteiger charge is -2.00. The van der Waals surface area contributed by atoms with E-state index in [0.717, 1.165) is 18.4 Å². The van der Waals surface area contributed by atoms with Gasteiger partial charge in [0.25, 0.3) is 6.43 Å². The van der Waals surface area contributed by atoms with Gasteiger partial charge in [-0.15, -0.1) is 11.3 Å². The van der Waals surface area contributed by atoms with Gasteiger partial charge in [-0.05, 0) is 0 Å². The molecule has 1 heterocycles. The van der Waals surface area contributed by atoms with Crippen molar-refractivity contribution in [2.75, 3.05) is 7.11 Å². The molecule has 2 nitrogen and oxygen atoms in total. The van der Waals surface area contributed by atoms with Crippen molar-refractivity contribution in [2.45, 2.75) is 6.43 Å². The number of carbonyl (C=O) groups excluding carboxylic acids is 1. The molecule has 0 atom stereocenters. The molecular weight excluding hydrogens is 222 g/mol. The maximum Gasteiger partial charge on any atom is 0.348 e. The minimum Gasteiger partial charge on any atom is -0.465 e. The van der Waals surface area contributed by atoms with Gasteiger partial charge in [0.1, 0.15) is 4.88 Å². The first-order valence-electron chi connectivity index (χ1n) is 3.21. The smallest absolute Gasteiger partial charge is 0.348 e. The number of carbonyl (C=O) groups is 1. The van der Waals surface area contributed by atoms with E-state index in [4.69, 9.17) is 11.6 Å². The van der Waals surface area contributed by atoms with Crippen LogP contribution in [0.25, 0.3) is 0 Å². The van der Waals surface area contributed by atoms with Crippen LogP contribution in [0, 0.1) is 0 Å². The van der Waals surface area contributed by atoms with E-state index < -0.39 is 18.0 Å². The van der Waals surface area contributed by atoms with Gasteiger partial charge in [0, 0.05) is 5.38 Å². The van der Waals surface area contributed by atoms with E-state index in [0.29, 0.717) is 0 Å². The maximum absolute atomic E-state index is 12.3. The van der Waals surface area contributed by atoms with Gasteiger partial charge < -0.3 is 4.74 Å². The van der Waals surface area contributed by atoms with Crippen LogP contribution in [0.5, 0.6) is 0 Å². The van der Waals surface area contributed by atoms with Crippen molar-refractivity contribution in [1.82, 2.24) is 0 Å². The maximum atomic E-state index is 12.3. The van der Waals surface area contributed by atoms with E-state index >= 15 is 0 Å². The fraction of sp³-hybridized carbons (Fsp3) is 0.286.